The van der Waals surface area contributed by atoms with E-state index in [1.54, 1.807) is 0 Å². The van der Waals surface area contributed by atoms with Crippen LogP contribution in [0.15, 0.2) is 176 Å². The molecule has 9 aromatic carbocycles. The number of fused-ring (bicyclic) bond motifs is 6. The van der Waals surface area contributed by atoms with Gasteiger partial charge < -0.3 is 9.13 Å². The zero-order valence-corrected chi connectivity index (χ0v) is 34.2. The smallest absolute Gasteiger partial charge is 0.115 e. The van der Waals surface area contributed by atoms with Gasteiger partial charge >= 0.3 is 0 Å². The van der Waals surface area contributed by atoms with Crippen LogP contribution in [0.2, 0.25) is 0 Å². The molecule has 2 aromatic heterocycles. The van der Waals surface area contributed by atoms with Gasteiger partial charge in [0.1, 0.15) is 54.9 Å². The van der Waals surface area contributed by atoms with Gasteiger partial charge in [-0.15, -0.1) is 10.9 Å². The number of benzene rings is 9. The summed E-state index contributed by atoms with van der Waals surface area (Å²) < 4.78 is 4.32. The van der Waals surface area contributed by atoms with Crippen molar-refractivity contribution < 1.29 is 0 Å². The van der Waals surface area contributed by atoms with Crippen molar-refractivity contribution in [3.05, 3.63) is 176 Å². The van der Waals surface area contributed by atoms with E-state index in [0.29, 0.717) is 43.8 Å². The predicted molar refractivity (Wildman–Crippen MR) is 275 cm³/mol. The second-order valence-corrected chi connectivity index (χ2v) is 16.0. The Morgan fingerprint density at radius 1 is 0.302 bits per heavy atom. The lowest BCUT2D eigenvalue weighted by Gasteiger charge is -2.20. The topological polar surface area (TPSA) is 9.86 Å². The lowest BCUT2D eigenvalue weighted by Crippen LogP contribution is -2.48. The number of rotatable bonds is 6. The maximum Gasteiger partial charge on any atom is 0.115 e. The Bertz CT molecular complexity index is 3620. The minimum Gasteiger partial charge on any atom is -0.310 e. The molecule has 0 N–H and O–H groups in total. The highest BCUT2D eigenvalue weighted by Crippen LogP contribution is 2.41. The fraction of sp³-hybridized carbons (Fsp3) is 0. The number of para-hydroxylation sites is 2. The molecule has 2 nitrogen and oxygen atoms in total. The summed E-state index contributed by atoms with van der Waals surface area (Å²) in [7, 11) is 48.9. The molecule has 0 aliphatic rings. The van der Waals surface area contributed by atoms with Crippen molar-refractivity contribution >= 4 is 137 Å². The summed E-state index contributed by atoms with van der Waals surface area (Å²) in [5.41, 5.74) is 14.7. The summed E-state index contributed by atoms with van der Waals surface area (Å²) in [6, 6.07) is 60.5. The number of nitrogens with zero attached hydrogens (tertiary/aromatic N) is 2. The molecule has 0 saturated heterocycles. The molecule has 0 amide bonds. The predicted octanol–water partition coefficient (Wildman–Crippen LogP) is 6.11. The van der Waals surface area contributed by atoms with Crippen LogP contribution in [0.25, 0.3) is 99.5 Å². The first kappa shape index (κ1) is 38.9. The molecule has 11 aromatic rings. The van der Waals surface area contributed by atoms with E-state index < -0.39 is 0 Å². The Morgan fingerprint density at radius 2 is 0.810 bits per heavy atom. The summed E-state index contributed by atoms with van der Waals surface area (Å²) in [5.74, 6) is 0. The van der Waals surface area contributed by atoms with Crippen LogP contribution in [0.4, 0.5) is 0 Å². The Hall–Kier alpha value is -6.97. The van der Waals surface area contributed by atoms with Gasteiger partial charge in [0.15, 0.2) is 0 Å². The molecule has 0 aliphatic carbocycles. The van der Waals surface area contributed by atoms with Crippen LogP contribution >= 0.6 is 0 Å². The van der Waals surface area contributed by atoms with Gasteiger partial charge in [-0.05, 0) is 69.1 Å². The summed E-state index contributed by atoms with van der Waals surface area (Å²) in [5, 5.41) is 3.22. The third-order valence-electron chi connectivity index (χ3n) is 12.5. The highest BCUT2D eigenvalue weighted by Gasteiger charge is 2.26. The first-order chi connectivity index (χ1) is 30.7. The summed E-state index contributed by atoms with van der Waals surface area (Å²) in [6.45, 7) is 0. The van der Waals surface area contributed by atoms with E-state index in [1.165, 1.54) is 0 Å². The molecule has 2 heterocycles. The fourth-order valence-electron chi connectivity index (χ4n) is 9.55. The Labute approximate surface area is 375 Å². The highest BCUT2D eigenvalue weighted by atomic mass is 15.0. The molecule has 0 spiro atoms. The third-order valence-corrected chi connectivity index (χ3v) is 12.5. The molecule has 0 bridgehead atoms. The summed E-state index contributed by atoms with van der Waals surface area (Å²) in [4.78, 5) is 0. The van der Waals surface area contributed by atoms with Crippen molar-refractivity contribution in [3.63, 3.8) is 0 Å². The molecule has 0 saturated carbocycles. The average Bonchev–Trinajstić information content (AvgIpc) is 3.87. The van der Waals surface area contributed by atoms with Gasteiger partial charge in [-0.1, -0.05) is 173 Å². The maximum absolute atomic E-state index is 7.43. The molecule has 63 heavy (non-hydrogen) atoms. The molecule has 0 aliphatic heterocycles. The Morgan fingerprint density at radius 3 is 1.48 bits per heavy atom. The van der Waals surface area contributed by atoms with Crippen LogP contribution in [-0.2, 0) is 0 Å². The maximum atomic E-state index is 7.43. The van der Waals surface area contributed by atoms with Crippen molar-refractivity contribution in [2.24, 2.45) is 0 Å². The summed E-state index contributed by atoms with van der Waals surface area (Å²) >= 11 is 0. The van der Waals surface area contributed by atoms with Gasteiger partial charge in [0.05, 0.1) is 16.7 Å². The van der Waals surface area contributed by atoms with Crippen molar-refractivity contribution in [1.29, 1.82) is 0 Å². The Balaban J connectivity index is 1.20. The minimum atomic E-state index is 0.173. The van der Waals surface area contributed by atoms with Crippen LogP contribution in [-0.4, -0.2) is 64.1 Å². The molecule has 14 radical (unpaired) electrons. The number of aromatic nitrogens is 2. The molecule has 276 valence electrons. The van der Waals surface area contributed by atoms with E-state index in [2.05, 4.69) is 126 Å². The van der Waals surface area contributed by atoms with E-state index in [9.17, 15) is 0 Å². The van der Waals surface area contributed by atoms with E-state index >= 15 is 0 Å². The number of hydrogen-bond donors (Lipinski definition) is 0. The second kappa shape index (κ2) is 15.1. The van der Waals surface area contributed by atoms with E-state index in [1.807, 2.05) is 59.2 Å². The second-order valence-electron chi connectivity index (χ2n) is 16.0. The van der Waals surface area contributed by atoms with Gasteiger partial charge in [0.2, 0.25) is 0 Å². The lowest BCUT2D eigenvalue weighted by atomic mass is 9.64. The quantitative estimate of drug-likeness (QED) is 0.181. The van der Waals surface area contributed by atoms with Gasteiger partial charge in [-0.3, -0.25) is 0 Å². The summed E-state index contributed by atoms with van der Waals surface area (Å²) in [6.07, 6.45) is 0. The zero-order chi connectivity index (χ0) is 43.1. The first-order valence-electron chi connectivity index (χ1n) is 20.7. The zero-order valence-electron chi connectivity index (χ0n) is 34.2. The van der Waals surface area contributed by atoms with Crippen molar-refractivity contribution in [1.82, 2.24) is 9.13 Å². The molecule has 11 rings (SSSR count). The standard InChI is InChI=1S/C54H29B7N2/c55-45-42(46(56)50(60)53-43(45)44-47(57)48(58)49(59)51(61)54(44)63(53)40-22-11-10-19-36(40)32-15-6-2-7-16-32)34-25-28-41-39(29-34)38-21-12-20-37(33-17-8-3-9-18-33)52(38)62(41)35-26-23-31(24-27-35)30-13-4-1-5-14-30/h1-29H. The minimum absolute atomic E-state index is 0.173. The fourth-order valence-corrected chi connectivity index (χ4v) is 9.55. The largest absolute Gasteiger partial charge is 0.310 e. The Kier molecular flexibility index (Phi) is 9.35. The highest BCUT2D eigenvalue weighted by molar-refractivity contribution is 6.69. The van der Waals surface area contributed by atoms with Gasteiger partial charge in [-0.25, -0.2) is 0 Å². The molecule has 0 atom stereocenters. The SMILES string of the molecule is [B]c1c([B])c([B])c2c(c1[B])c1c([B])c(-c3ccc4c(c3)c3cccc(-c5ccccc5)c3n4-c3ccc(-c4ccccc4)cc3)c([B])c([B])c1n2-c1ccccc1-c1ccccc1. The average molecular weight is 782 g/mol. The molecular weight excluding hydrogens is 752 g/mol. The van der Waals surface area contributed by atoms with E-state index in [4.69, 9.17) is 54.9 Å². The van der Waals surface area contributed by atoms with E-state index in [0.717, 1.165) is 72.1 Å². The van der Waals surface area contributed by atoms with E-state index in [-0.39, 0.29) is 21.9 Å². The van der Waals surface area contributed by atoms with Crippen LogP contribution in [0, 0.1) is 0 Å². The van der Waals surface area contributed by atoms with Crippen LogP contribution in [0.3, 0.4) is 0 Å². The first-order valence-corrected chi connectivity index (χ1v) is 20.7. The van der Waals surface area contributed by atoms with Gasteiger partial charge in [0.25, 0.3) is 0 Å². The van der Waals surface area contributed by atoms with Crippen molar-refractivity contribution in [2.45, 2.75) is 0 Å². The van der Waals surface area contributed by atoms with Crippen molar-refractivity contribution in [2.75, 3.05) is 0 Å². The molecule has 0 fully saturated rings. The third kappa shape index (κ3) is 5.97. The lowest BCUT2D eigenvalue weighted by molar-refractivity contribution is 1.18. The number of hydrogen-bond acceptors (Lipinski definition) is 0. The monoisotopic (exact) mass is 782 g/mol. The van der Waals surface area contributed by atoms with Crippen LogP contribution in [0.5, 0.6) is 0 Å². The van der Waals surface area contributed by atoms with Crippen molar-refractivity contribution in [3.8, 4) is 55.9 Å². The van der Waals surface area contributed by atoms with Crippen LogP contribution < -0.4 is 38.2 Å². The molecular formula is C54H29B7N2. The van der Waals surface area contributed by atoms with Crippen LogP contribution in [0.1, 0.15) is 0 Å². The normalized spacial score (nSPS) is 11.6. The van der Waals surface area contributed by atoms with Gasteiger partial charge in [-0.2, -0.15) is 0 Å². The molecule has 9 heteroatoms. The van der Waals surface area contributed by atoms with Gasteiger partial charge in [0, 0.05) is 44.0 Å². The molecule has 0 unspecified atom stereocenters.